The molecule has 2 rings (SSSR count). The van der Waals surface area contributed by atoms with E-state index in [0.717, 1.165) is 18.9 Å². The molecule has 1 aromatic rings. The van der Waals surface area contributed by atoms with Gasteiger partial charge in [0.1, 0.15) is 0 Å². The van der Waals surface area contributed by atoms with Crippen molar-refractivity contribution in [1.82, 2.24) is 14.9 Å². The molecule has 0 amide bonds. The minimum absolute atomic E-state index is 0.794. The average Bonchev–Trinajstić information content (AvgIpc) is 2.67. The molecular weight excluding hydrogens is 174 g/mol. The predicted octanol–water partition coefficient (Wildman–Crippen LogP) is 1.45. The van der Waals surface area contributed by atoms with Crippen LogP contribution in [-0.4, -0.2) is 22.6 Å². The molecule has 3 heteroatoms. The van der Waals surface area contributed by atoms with E-state index in [1.54, 1.807) is 0 Å². The number of rotatable bonds is 3. The number of aromatic nitrogens is 2. The van der Waals surface area contributed by atoms with Crippen molar-refractivity contribution >= 4 is 0 Å². The molecule has 0 saturated carbocycles. The molecule has 1 atom stereocenters. The van der Waals surface area contributed by atoms with Crippen molar-refractivity contribution in [2.24, 2.45) is 5.92 Å². The van der Waals surface area contributed by atoms with E-state index in [0.29, 0.717) is 0 Å². The van der Waals surface area contributed by atoms with Crippen molar-refractivity contribution in [1.29, 1.82) is 0 Å². The van der Waals surface area contributed by atoms with Crippen LogP contribution in [-0.2, 0) is 13.0 Å². The molecule has 78 valence electrons. The fourth-order valence-corrected chi connectivity index (χ4v) is 2.07. The molecule has 0 aliphatic carbocycles. The van der Waals surface area contributed by atoms with E-state index in [1.165, 1.54) is 31.6 Å². The molecule has 1 N–H and O–H groups in total. The van der Waals surface area contributed by atoms with Gasteiger partial charge in [0.05, 0.1) is 12.0 Å². The number of imidazole rings is 1. The van der Waals surface area contributed by atoms with Crippen LogP contribution in [0.2, 0.25) is 0 Å². The maximum Gasteiger partial charge on any atom is 0.0949 e. The molecule has 1 unspecified atom stereocenters. The molecular formula is C11H19N3. The van der Waals surface area contributed by atoms with Crippen molar-refractivity contribution in [3.63, 3.8) is 0 Å². The van der Waals surface area contributed by atoms with E-state index in [1.807, 2.05) is 6.33 Å². The van der Waals surface area contributed by atoms with Gasteiger partial charge in [0.15, 0.2) is 0 Å². The number of aryl methyl sites for hydroxylation is 1. The lowest BCUT2D eigenvalue weighted by atomic mass is 10.00. The summed E-state index contributed by atoms with van der Waals surface area (Å²) in [6.45, 7) is 5.63. The number of piperidine rings is 1. The summed E-state index contributed by atoms with van der Waals surface area (Å²) in [7, 11) is 0. The van der Waals surface area contributed by atoms with Crippen molar-refractivity contribution in [2.45, 2.75) is 32.7 Å². The van der Waals surface area contributed by atoms with Crippen molar-refractivity contribution < 1.29 is 0 Å². The Hall–Kier alpha value is -0.830. The Kier molecular flexibility index (Phi) is 3.19. The largest absolute Gasteiger partial charge is 0.337 e. The van der Waals surface area contributed by atoms with Crippen LogP contribution >= 0.6 is 0 Å². The second-order valence-corrected chi connectivity index (χ2v) is 4.13. The van der Waals surface area contributed by atoms with Crippen LogP contribution < -0.4 is 5.32 Å². The Morgan fingerprint density at radius 2 is 2.57 bits per heavy atom. The van der Waals surface area contributed by atoms with Gasteiger partial charge < -0.3 is 9.88 Å². The molecule has 0 radical (unpaired) electrons. The molecule has 0 spiro atoms. The summed E-state index contributed by atoms with van der Waals surface area (Å²) in [4.78, 5) is 4.34. The van der Waals surface area contributed by atoms with Crippen LogP contribution in [0.15, 0.2) is 12.5 Å². The number of hydrogen-bond acceptors (Lipinski definition) is 2. The molecule has 0 aromatic carbocycles. The van der Waals surface area contributed by atoms with Gasteiger partial charge in [0, 0.05) is 12.7 Å². The molecule has 1 saturated heterocycles. The van der Waals surface area contributed by atoms with Gasteiger partial charge in [-0.1, -0.05) is 6.92 Å². The van der Waals surface area contributed by atoms with Gasteiger partial charge in [0.25, 0.3) is 0 Å². The maximum absolute atomic E-state index is 4.34. The number of nitrogens with zero attached hydrogens (tertiary/aromatic N) is 2. The Morgan fingerprint density at radius 3 is 3.21 bits per heavy atom. The van der Waals surface area contributed by atoms with Crippen LogP contribution in [0.3, 0.4) is 0 Å². The number of nitrogens with one attached hydrogen (secondary N) is 1. The molecule has 3 nitrogen and oxygen atoms in total. The fourth-order valence-electron chi connectivity index (χ4n) is 2.07. The standard InChI is InChI=1S/C11H19N3/c1-2-11-8-14(9-13-11)7-10-4-3-5-12-6-10/h8-10,12H,2-7H2,1H3. The van der Waals surface area contributed by atoms with Crippen molar-refractivity contribution in [2.75, 3.05) is 13.1 Å². The second kappa shape index (κ2) is 4.60. The highest BCUT2D eigenvalue weighted by Crippen LogP contribution is 2.12. The van der Waals surface area contributed by atoms with E-state index < -0.39 is 0 Å². The molecule has 1 aliphatic heterocycles. The highest BCUT2D eigenvalue weighted by molar-refractivity contribution is 4.96. The van der Waals surface area contributed by atoms with Crippen molar-refractivity contribution in [3.05, 3.63) is 18.2 Å². The molecule has 1 fully saturated rings. The van der Waals surface area contributed by atoms with Gasteiger partial charge in [-0.2, -0.15) is 0 Å². The summed E-state index contributed by atoms with van der Waals surface area (Å²) >= 11 is 0. The van der Waals surface area contributed by atoms with E-state index in [9.17, 15) is 0 Å². The summed E-state index contributed by atoms with van der Waals surface area (Å²) in [5, 5.41) is 3.44. The first-order valence-corrected chi connectivity index (χ1v) is 5.60. The van der Waals surface area contributed by atoms with Gasteiger partial charge in [-0.05, 0) is 38.3 Å². The lowest BCUT2D eigenvalue weighted by molar-refractivity contribution is 0.337. The quantitative estimate of drug-likeness (QED) is 0.787. The molecule has 14 heavy (non-hydrogen) atoms. The summed E-state index contributed by atoms with van der Waals surface area (Å²) < 4.78 is 2.23. The highest BCUT2D eigenvalue weighted by atomic mass is 15.0. The molecule has 0 bridgehead atoms. The van der Waals surface area contributed by atoms with Crippen LogP contribution in [0.25, 0.3) is 0 Å². The van der Waals surface area contributed by atoms with E-state index in [4.69, 9.17) is 0 Å². The highest BCUT2D eigenvalue weighted by Gasteiger charge is 2.13. The van der Waals surface area contributed by atoms with Gasteiger partial charge >= 0.3 is 0 Å². The van der Waals surface area contributed by atoms with Crippen LogP contribution in [0.4, 0.5) is 0 Å². The Balaban J connectivity index is 1.89. The zero-order chi connectivity index (χ0) is 9.80. The zero-order valence-corrected chi connectivity index (χ0v) is 8.87. The van der Waals surface area contributed by atoms with Crippen LogP contribution in [0.1, 0.15) is 25.5 Å². The summed E-state index contributed by atoms with van der Waals surface area (Å²) in [6.07, 6.45) is 7.85. The van der Waals surface area contributed by atoms with E-state index >= 15 is 0 Å². The third-order valence-electron chi connectivity index (χ3n) is 2.92. The molecule has 1 aromatic heterocycles. The molecule has 1 aliphatic rings. The first-order chi connectivity index (χ1) is 6.88. The van der Waals surface area contributed by atoms with Crippen LogP contribution in [0.5, 0.6) is 0 Å². The third kappa shape index (κ3) is 2.35. The smallest absolute Gasteiger partial charge is 0.0949 e. The van der Waals surface area contributed by atoms with Gasteiger partial charge in [-0.15, -0.1) is 0 Å². The average molecular weight is 193 g/mol. The van der Waals surface area contributed by atoms with Gasteiger partial charge in [-0.3, -0.25) is 0 Å². The topological polar surface area (TPSA) is 29.9 Å². The minimum atomic E-state index is 0.794. The zero-order valence-electron chi connectivity index (χ0n) is 8.87. The lowest BCUT2D eigenvalue weighted by Crippen LogP contribution is -2.31. The van der Waals surface area contributed by atoms with E-state index in [2.05, 4.69) is 28.0 Å². The Morgan fingerprint density at radius 1 is 1.64 bits per heavy atom. The fraction of sp³-hybridized carbons (Fsp3) is 0.727. The predicted molar refractivity (Wildman–Crippen MR) is 57.2 cm³/mol. The Labute approximate surface area is 85.5 Å². The monoisotopic (exact) mass is 193 g/mol. The SMILES string of the molecule is CCc1cn(CC2CCCNC2)cn1. The number of hydrogen-bond donors (Lipinski definition) is 1. The lowest BCUT2D eigenvalue weighted by Gasteiger charge is -2.22. The summed E-state index contributed by atoms with van der Waals surface area (Å²) in [6, 6.07) is 0. The minimum Gasteiger partial charge on any atom is -0.337 e. The first kappa shape index (κ1) is 9.71. The molecule has 2 heterocycles. The normalized spacial score (nSPS) is 22.5. The third-order valence-corrected chi connectivity index (χ3v) is 2.92. The first-order valence-electron chi connectivity index (χ1n) is 5.60. The Bertz CT molecular complexity index is 274. The van der Waals surface area contributed by atoms with Gasteiger partial charge in [-0.25, -0.2) is 4.98 Å². The van der Waals surface area contributed by atoms with Crippen LogP contribution in [0, 0.1) is 5.92 Å². The van der Waals surface area contributed by atoms with Crippen molar-refractivity contribution in [3.8, 4) is 0 Å². The van der Waals surface area contributed by atoms with E-state index in [-0.39, 0.29) is 0 Å². The summed E-state index contributed by atoms with van der Waals surface area (Å²) in [5.41, 5.74) is 1.20. The summed E-state index contributed by atoms with van der Waals surface area (Å²) in [5.74, 6) is 0.794. The van der Waals surface area contributed by atoms with Gasteiger partial charge in [0.2, 0.25) is 0 Å². The second-order valence-electron chi connectivity index (χ2n) is 4.13. The maximum atomic E-state index is 4.34.